The minimum atomic E-state index is -0.154. The molecule has 0 aliphatic carbocycles. The van der Waals surface area contributed by atoms with Crippen LogP contribution in [0.15, 0.2) is 6.20 Å². The van der Waals surface area contributed by atoms with E-state index in [9.17, 15) is 4.79 Å². The summed E-state index contributed by atoms with van der Waals surface area (Å²) < 4.78 is 10.6. The van der Waals surface area contributed by atoms with Gasteiger partial charge in [-0.25, -0.2) is 4.98 Å². The number of methoxy groups -OCH3 is 1. The first-order valence-corrected chi connectivity index (χ1v) is 6.10. The van der Waals surface area contributed by atoms with Crippen LogP contribution < -0.4 is 0 Å². The van der Waals surface area contributed by atoms with Gasteiger partial charge in [0.25, 0.3) is 0 Å². The Labute approximate surface area is 106 Å². The number of morpholine rings is 1. The Kier molecular flexibility index (Phi) is 4.33. The molecule has 0 bridgehead atoms. The van der Waals surface area contributed by atoms with Crippen molar-refractivity contribution in [2.24, 2.45) is 0 Å². The Morgan fingerprint density at radius 3 is 3.22 bits per heavy atom. The summed E-state index contributed by atoms with van der Waals surface area (Å²) >= 11 is 0. The molecule has 1 saturated heterocycles. The van der Waals surface area contributed by atoms with Gasteiger partial charge in [0.1, 0.15) is 11.9 Å². The van der Waals surface area contributed by atoms with E-state index >= 15 is 0 Å². The number of imidazole rings is 1. The number of aromatic amines is 1. The van der Waals surface area contributed by atoms with Gasteiger partial charge in [-0.15, -0.1) is 0 Å². The molecule has 0 aromatic carbocycles. The number of carbonyl (C=O) groups is 1. The van der Waals surface area contributed by atoms with Crippen LogP contribution in [-0.4, -0.2) is 54.2 Å². The van der Waals surface area contributed by atoms with Crippen molar-refractivity contribution in [3.05, 3.63) is 17.7 Å². The Morgan fingerprint density at radius 1 is 1.72 bits per heavy atom. The second-order valence-electron chi connectivity index (χ2n) is 4.39. The summed E-state index contributed by atoms with van der Waals surface area (Å²) in [6.07, 6.45) is 2.03. The van der Waals surface area contributed by atoms with Crippen LogP contribution in [0, 0.1) is 6.92 Å². The van der Waals surface area contributed by atoms with Gasteiger partial charge in [0.15, 0.2) is 0 Å². The summed E-state index contributed by atoms with van der Waals surface area (Å²) in [6.45, 7) is 4.14. The number of nitrogens with zero attached hydrogens (tertiary/aromatic N) is 2. The third kappa shape index (κ3) is 3.08. The van der Waals surface area contributed by atoms with Crippen molar-refractivity contribution in [2.45, 2.75) is 19.4 Å². The molecule has 1 aliphatic rings. The molecule has 2 rings (SSSR count). The van der Waals surface area contributed by atoms with Crippen LogP contribution in [0.3, 0.4) is 0 Å². The van der Waals surface area contributed by atoms with E-state index in [-0.39, 0.29) is 12.0 Å². The van der Waals surface area contributed by atoms with Gasteiger partial charge < -0.3 is 19.4 Å². The highest BCUT2D eigenvalue weighted by atomic mass is 16.5. The molecular weight excluding hydrogens is 234 g/mol. The quantitative estimate of drug-likeness (QED) is 0.855. The molecule has 0 radical (unpaired) electrons. The lowest BCUT2D eigenvalue weighted by molar-refractivity contribution is -0.140. The number of aromatic nitrogens is 2. The number of H-pyrrole nitrogens is 1. The predicted octanol–water partition coefficient (Wildman–Crippen LogP) is 0.655. The molecule has 0 saturated carbocycles. The molecule has 1 aliphatic heterocycles. The van der Waals surface area contributed by atoms with Crippen molar-refractivity contribution in [3.63, 3.8) is 0 Å². The number of carbonyl (C=O) groups excluding carboxylic acids is 1. The summed E-state index contributed by atoms with van der Waals surface area (Å²) in [7, 11) is 1.60. The molecule has 18 heavy (non-hydrogen) atoms. The number of ether oxygens (including phenoxy) is 2. The Bertz CT molecular complexity index is 405. The fraction of sp³-hybridized carbons (Fsp3) is 0.667. The first kappa shape index (κ1) is 13.0. The van der Waals surface area contributed by atoms with E-state index in [1.807, 2.05) is 11.8 Å². The maximum Gasteiger partial charge on any atom is 0.225 e. The summed E-state index contributed by atoms with van der Waals surface area (Å²) in [5.74, 6) is 0.894. The number of nitrogens with one attached hydrogen (secondary N) is 1. The van der Waals surface area contributed by atoms with Gasteiger partial charge in [0, 0.05) is 25.5 Å². The summed E-state index contributed by atoms with van der Waals surface area (Å²) in [5.41, 5.74) is 0.997. The first-order chi connectivity index (χ1) is 8.70. The third-order valence-corrected chi connectivity index (χ3v) is 2.97. The van der Waals surface area contributed by atoms with Crippen LogP contribution in [0.1, 0.15) is 24.0 Å². The van der Waals surface area contributed by atoms with Gasteiger partial charge in [-0.3, -0.25) is 4.79 Å². The number of amides is 1. The maximum atomic E-state index is 11.9. The van der Waals surface area contributed by atoms with Gasteiger partial charge in [-0.05, 0) is 6.92 Å². The van der Waals surface area contributed by atoms with Crippen LogP contribution >= 0.6 is 0 Å². The van der Waals surface area contributed by atoms with Crippen molar-refractivity contribution < 1.29 is 14.3 Å². The summed E-state index contributed by atoms with van der Waals surface area (Å²) in [6, 6.07) is 0. The molecule has 0 spiro atoms. The minimum Gasteiger partial charge on any atom is -0.384 e. The lowest BCUT2D eigenvalue weighted by Gasteiger charge is -2.32. The van der Waals surface area contributed by atoms with E-state index in [0.717, 1.165) is 11.5 Å². The van der Waals surface area contributed by atoms with Gasteiger partial charge in [0.2, 0.25) is 5.91 Å². The highest BCUT2D eigenvalue weighted by Crippen LogP contribution is 2.20. The lowest BCUT2D eigenvalue weighted by Crippen LogP contribution is -2.42. The molecule has 1 amide bonds. The fourth-order valence-corrected chi connectivity index (χ4v) is 1.99. The first-order valence-electron chi connectivity index (χ1n) is 6.10. The average Bonchev–Trinajstić information content (AvgIpc) is 2.83. The largest absolute Gasteiger partial charge is 0.384 e. The fourth-order valence-electron chi connectivity index (χ4n) is 1.99. The van der Waals surface area contributed by atoms with Crippen molar-refractivity contribution in [2.75, 3.05) is 33.4 Å². The van der Waals surface area contributed by atoms with Crippen LogP contribution in [0.25, 0.3) is 0 Å². The number of rotatable bonds is 4. The predicted molar refractivity (Wildman–Crippen MR) is 65.1 cm³/mol. The maximum absolute atomic E-state index is 11.9. The minimum absolute atomic E-state index is 0.105. The Morgan fingerprint density at radius 2 is 2.56 bits per heavy atom. The van der Waals surface area contributed by atoms with Crippen LogP contribution in [0.2, 0.25) is 0 Å². The number of aryl methyl sites for hydroxylation is 1. The summed E-state index contributed by atoms with van der Waals surface area (Å²) in [5, 5.41) is 0. The SMILES string of the molecule is COCCC(=O)N1CCO[C@H](c2ncc(C)[nH]2)C1. The zero-order chi connectivity index (χ0) is 13.0. The van der Waals surface area contributed by atoms with E-state index in [0.29, 0.717) is 32.7 Å². The third-order valence-electron chi connectivity index (χ3n) is 2.97. The van der Waals surface area contributed by atoms with Crippen molar-refractivity contribution in [3.8, 4) is 0 Å². The van der Waals surface area contributed by atoms with Gasteiger partial charge in [-0.1, -0.05) is 0 Å². The van der Waals surface area contributed by atoms with Gasteiger partial charge in [0.05, 0.1) is 26.2 Å². The highest BCUT2D eigenvalue weighted by Gasteiger charge is 2.26. The van der Waals surface area contributed by atoms with E-state index in [4.69, 9.17) is 9.47 Å². The second kappa shape index (κ2) is 5.97. The van der Waals surface area contributed by atoms with Crippen molar-refractivity contribution >= 4 is 5.91 Å². The highest BCUT2D eigenvalue weighted by molar-refractivity contribution is 5.76. The van der Waals surface area contributed by atoms with Crippen LogP contribution in [0.5, 0.6) is 0 Å². The molecular formula is C12H19N3O3. The van der Waals surface area contributed by atoms with E-state index in [1.54, 1.807) is 13.3 Å². The van der Waals surface area contributed by atoms with Crippen molar-refractivity contribution in [1.82, 2.24) is 14.9 Å². The average molecular weight is 253 g/mol. The van der Waals surface area contributed by atoms with Crippen molar-refractivity contribution in [1.29, 1.82) is 0 Å². The molecule has 1 aromatic heterocycles. The molecule has 6 heteroatoms. The van der Waals surface area contributed by atoms with Crippen LogP contribution in [0.4, 0.5) is 0 Å². The normalized spacial score (nSPS) is 20.1. The van der Waals surface area contributed by atoms with E-state index in [1.165, 1.54) is 0 Å². The Balaban J connectivity index is 1.94. The second-order valence-corrected chi connectivity index (χ2v) is 4.39. The zero-order valence-corrected chi connectivity index (χ0v) is 10.8. The molecule has 1 N–H and O–H groups in total. The van der Waals surface area contributed by atoms with Gasteiger partial charge in [-0.2, -0.15) is 0 Å². The number of hydrogen-bond acceptors (Lipinski definition) is 4. The molecule has 100 valence electrons. The smallest absolute Gasteiger partial charge is 0.225 e. The van der Waals surface area contributed by atoms with Crippen LogP contribution in [-0.2, 0) is 14.3 Å². The summed E-state index contributed by atoms with van der Waals surface area (Å²) in [4.78, 5) is 21.1. The monoisotopic (exact) mass is 253 g/mol. The Hall–Kier alpha value is -1.40. The number of hydrogen-bond donors (Lipinski definition) is 1. The van der Waals surface area contributed by atoms with Gasteiger partial charge >= 0.3 is 0 Å². The topological polar surface area (TPSA) is 67.4 Å². The lowest BCUT2D eigenvalue weighted by atomic mass is 10.2. The molecule has 1 aromatic rings. The molecule has 1 fully saturated rings. The molecule has 6 nitrogen and oxygen atoms in total. The molecule has 1 atom stereocenters. The van der Waals surface area contributed by atoms with E-state index in [2.05, 4.69) is 9.97 Å². The molecule has 2 heterocycles. The standard InChI is InChI=1S/C12H19N3O3/c1-9-7-13-12(14-9)10-8-15(4-6-18-10)11(16)3-5-17-2/h7,10H,3-6,8H2,1-2H3,(H,13,14)/t10-/m0/s1. The molecule has 0 unspecified atom stereocenters. The van der Waals surface area contributed by atoms with E-state index < -0.39 is 0 Å². The zero-order valence-electron chi connectivity index (χ0n) is 10.8.